The third-order valence-corrected chi connectivity index (χ3v) is 6.64. The van der Waals surface area contributed by atoms with Gasteiger partial charge >= 0.3 is 0 Å². The van der Waals surface area contributed by atoms with Crippen molar-refractivity contribution >= 4 is 16.7 Å². The number of anilines is 1. The molecule has 0 atom stereocenters. The lowest BCUT2D eigenvalue weighted by atomic mass is 9.87. The molecular weight excluding hydrogens is 417 g/mol. The molecule has 1 fully saturated rings. The van der Waals surface area contributed by atoms with Gasteiger partial charge in [-0.25, -0.2) is 18.2 Å². The molecule has 0 radical (unpaired) electrons. The van der Waals surface area contributed by atoms with Gasteiger partial charge in [0.1, 0.15) is 12.5 Å². The smallest absolute Gasteiger partial charge is 0.248 e. The van der Waals surface area contributed by atoms with Crippen LogP contribution in [0.2, 0.25) is 0 Å². The fraction of sp³-hybridized carbons (Fsp3) is 0.522. The molecule has 2 aliphatic rings. The molecule has 32 heavy (non-hydrogen) atoms. The zero-order chi connectivity index (χ0) is 22.1. The average Bonchev–Trinajstić information content (AvgIpc) is 3.21. The third kappa shape index (κ3) is 4.44. The molecule has 0 spiro atoms. The Hall–Kier alpha value is -2.68. The van der Waals surface area contributed by atoms with Gasteiger partial charge in [-0.1, -0.05) is 0 Å². The van der Waals surface area contributed by atoms with Crippen LogP contribution in [0.3, 0.4) is 0 Å². The number of alkyl halides is 3. The van der Waals surface area contributed by atoms with E-state index in [0.29, 0.717) is 32.5 Å². The maximum absolute atomic E-state index is 13.4. The van der Waals surface area contributed by atoms with Crippen molar-refractivity contribution in [1.29, 1.82) is 0 Å². The zero-order valence-corrected chi connectivity index (χ0v) is 17.9. The van der Waals surface area contributed by atoms with Crippen LogP contribution < -0.4 is 5.32 Å². The van der Waals surface area contributed by atoms with E-state index in [4.69, 9.17) is 0 Å². The molecule has 1 aliphatic carbocycles. The van der Waals surface area contributed by atoms with E-state index in [9.17, 15) is 13.2 Å². The third-order valence-electron chi connectivity index (χ3n) is 6.64. The number of fused-ring (bicyclic) bond motifs is 2. The summed E-state index contributed by atoms with van der Waals surface area (Å²) in [4.78, 5) is 11.1. The molecule has 6 nitrogen and oxygen atoms in total. The summed E-state index contributed by atoms with van der Waals surface area (Å²) < 4.78 is 41.5. The van der Waals surface area contributed by atoms with Crippen molar-refractivity contribution < 1.29 is 13.2 Å². The van der Waals surface area contributed by atoms with Crippen LogP contribution in [0.4, 0.5) is 19.0 Å². The first-order valence-electron chi connectivity index (χ1n) is 11.2. The number of nitrogens with one attached hydrogen (secondary N) is 1. The minimum atomic E-state index is -2.50. The lowest BCUT2D eigenvalue weighted by Gasteiger charge is -2.28. The number of nitrogens with zero attached hydrogens (tertiary/aromatic N) is 5. The Balaban J connectivity index is 1.33. The van der Waals surface area contributed by atoms with Crippen molar-refractivity contribution in [3.8, 4) is 11.1 Å². The summed E-state index contributed by atoms with van der Waals surface area (Å²) in [6.07, 6.45) is 6.42. The van der Waals surface area contributed by atoms with Gasteiger partial charge in [0.25, 0.3) is 0 Å². The monoisotopic (exact) mass is 444 g/mol. The van der Waals surface area contributed by atoms with Crippen LogP contribution in [0.1, 0.15) is 31.4 Å². The molecule has 5 rings (SSSR count). The molecule has 0 amide bonds. The molecular formula is C23H27F3N6. The first-order valence-corrected chi connectivity index (χ1v) is 11.2. The molecule has 3 aromatic heterocycles. The van der Waals surface area contributed by atoms with E-state index in [2.05, 4.69) is 31.3 Å². The lowest BCUT2D eigenvalue weighted by molar-refractivity contribution is -0.0443. The van der Waals surface area contributed by atoms with E-state index in [1.807, 2.05) is 23.1 Å². The molecule has 1 N–H and O–H groups in total. The summed E-state index contributed by atoms with van der Waals surface area (Å²) in [5.74, 6) is -1.54. The summed E-state index contributed by atoms with van der Waals surface area (Å²) in [5, 5.41) is 8.77. The number of hydrogen-bond donors (Lipinski definition) is 1. The van der Waals surface area contributed by atoms with E-state index in [0.717, 1.165) is 46.6 Å². The second-order valence-electron chi connectivity index (χ2n) is 8.86. The molecule has 0 unspecified atom stereocenters. The van der Waals surface area contributed by atoms with Gasteiger partial charge in [-0.15, -0.1) is 0 Å². The Morgan fingerprint density at radius 1 is 1.06 bits per heavy atom. The van der Waals surface area contributed by atoms with Gasteiger partial charge in [-0.2, -0.15) is 5.10 Å². The summed E-state index contributed by atoms with van der Waals surface area (Å²) in [7, 11) is 0. The molecule has 1 saturated carbocycles. The molecule has 0 bridgehead atoms. The van der Waals surface area contributed by atoms with Crippen LogP contribution in [-0.2, 0) is 13.1 Å². The SMILES string of the molecule is FCCN1CCn2ncc(-c3cnc4cnc(NCC5CCC(F)(F)CC5)cc4c3)c2C1. The van der Waals surface area contributed by atoms with Gasteiger partial charge < -0.3 is 5.32 Å². The van der Waals surface area contributed by atoms with Crippen LogP contribution in [-0.4, -0.2) is 56.9 Å². The fourth-order valence-electron chi connectivity index (χ4n) is 4.68. The maximum atomic E-state index is 13.4. The lowest BCUT2D eigenvalue weighted by Crippen LogP contribution is -2.35. The van der Waals surface area contributed by atoms with Crippen molar-refractivity contribution in [2.75, 3.05) is 31.6 Å². The number of rotatable bonds is 6. The van der Waals surface area contributed by atoms with Gasteiger partial charge in [-0.3, -0.25) is 14.6 Å². The van der Waals surface area contributed by atoms with E-state index >= 15 is 0 Å². The van der Waals surface area contributed by atoms with Crippen molar-refractivity contribution in [1.82, 2.24) is 24.6 Å². The van der Waals surface area contributed by atoms with E-state index in [-0.39, 0.29) is 25.4 Å². The van der Waals surface area contributed by atoms with Gasteiger partial charge in [0, 0.05) is 61.7 Å². The van der Waals surface area contributed by atoms with Gasteiger partial charge in [0.15, 0.2) is 0 Å². The molecule has 4 heterocycles. The number of halogens is 3. The molecule has 0 aromatic carbocycles. The second kappa shape index (κ2) is 8.69. The summed E-state index contributed by atoms with van der Waals surface area (Å²) in [6.45, 7) is 2.94. The predicted octanol–water partition coefficient (Wildman–Crippen LogP) is 4.52. The summed E-state index contributed by atoms with van der Waals surface area (Å²) in [6, 6.07) is 4.02. The van der Waals surface area contributed by atoms with Gasteiger partial charge in [-0.05, 0) is 30.9 Å². The fourth-order valence-corrected chi connectivity index (χ4v) is 4.68. The quantitative estimate of drug-likeness (QED) is 0.606. The predicted molar refractivity (Wildman–Crippen MR) is 117 cm³/mol. The van der Waals surface area contributed by atoms with Crippen molar-refractivity contribution in [2.24, 2.45) is 5.92 Å². The Kier molecular flexibility index (Phi) is 5.75. The van der Waals surface area contributed by atoms with Gasteiger partial charge in [0.05, 0.1) is 30.1 Å². The largest absolute Gasteiger partial charge is 0.370 e. The molecule has 1 aliphatic heterocycles. The van der Waals surface area contributed by atoms with Crippen LogP contribution in [0.5, 0.6) is 0 Å². The van der Waals surface area contributed by atoms with Crippen molar-refractivity contribution in [3.63, 3.8) is 0 Å². The first kappa shape index (κ1) is 21.2. The van der Waals surface area contributed by atoms with Crippen LogP contribution >= 0.6 is 0 Å². The Morgan fingerprint density at radius 3 is 2.72 bits per heavy atom. The van der Waals surface area contributed by atoms with Crippen molar-refractivity contribution in [3.05, 3.63) is 36.4 Å². The highest BCUT2D eigenvalue weighted by atomic mass is 19.3. The summed E-state index contributed by atoms with van der Waals surface area (Å²) in [5.41, 5.74) is 3.84. The number of hydrogen-bond acceptors (Lipinski definition) is 5. The Labute approximate surface area is 184 Å². The molecule has 9 heteroatoms. The highest BCUT2D eigenvalue weighted by Crippen LogP contribution is 2.36. The minimum absolute atomic E-state index is 0.0312. The summed E-state index contributed by atoms with van der Waals surface area (Å²) >= 11 is 0. The minimum Gasteiger partial charge on any atom is -0.370 e. The average molecular weight is 445 g/mol. The topological polar surface area (TPSA) is 58.9 Å². The van der Waals surface area contributed by atoms with Crippen molar-refractivity contribution in [2.45, 2.75) is 44.7 Å². The number of aromatic nitrogens is 4. The first-order chi connectivity index (χ1) is 15.5. The van der Waals surface area contributed by atoms with Crippen LogP contribution in [0, 0.1) is 5.92 Å². The maximum Gasteiger partial charge on any atom is 0.248 e. The van der Waals surface area contributed by atoms with E-state index in [1.54, 1.807) is 6.20 Å². The molecule has 3 aromatic rings. The van der Waals surface area contributed by atoms with Crippen LogP contribution in [0.15, 0.2) is 30.7 Å². The standard InChI is InChI=1S/C23H27F3N6/c24-5-6-31-7-8-32-21(15-31)19(13-30-32)18-9-17-10-22(29-14-20(17)27-12-18)28-11-16-1-3-23(25,26)4-2-16/h9-10,12-14,16H,1-8,11,15H2,(H,28,29). The highest BCUT2D eigenvalue weighted by molar-refractivity contribution is 5.85. The second-order valence-corrected chi connectivity index (χ2v) is 8.86. The van der Waals surface area contributed by atoms with Crippen LogP contribution in [0.25, 0.3) is 22.0 Å². The molecule has 0 saturated heterocycles. The highest BCUT2D eigenvalue weighted by Gasteiger charge is 2.34. The number of pyridine rings is 2. The van der Waals surface area contributed by atoms with E-state index < -0.39 is 5.92 Å². The Bertz CT molecular complexity index is 1090. The van der Waals surface area contributed by atoms with Gasteiger partial charge in [0.2, 0.25) is 5.92 Å². The normalized spacial score (nSPS) is 19.2. The zero-order valence-electron chi connectivity index (χ0n) is 17.9. The van der Waals surface area contributed by atoms with E-state index in [1.165, 1.54) is 0 Å². The molecule has 170 valence electrons. The Morgan fingerprint density at radius 2 is 1.91 bits per heavy atom.